The molecule has 0 aliphatic carbocycles. The van der Waals surface area contributed by atoms with E-state index in [1.807, 2.05) is 25.1 Å². The van der Waals surface area contributed by atoms with Crippen molar-refractivity contribution < 1.29 is 4.74 Å². The number of halogens is 1. The molecule has 0 spiro atoms. The lowest BCUT2D eigenvalue weighted by molar-refractivity contribution is 0.254. The van der Waals surface area contributed by atoms with E-state index >= 15 is 0 Å². The van der Waals surface area contributed by atoms with Gasteiger partial charge < -0.3 is 4.74 Å². The highest BCUT2D eigenvalue weighted by atomic mass is 35.5. The van der Waals surface area contributed by atoms with Gasteiger partial charge in [0.2, 0.25) is 0 Å². The Kier molecular flexibility index (Phi) is 4.69. The van der Waals surface area contributed by atoms with Crippen LogP contribution in [0.5, 0.6) is 5.75 Å². The molecule has 1 aromatic carbocycles. The largest absolute Gasteiger partial charge is 0.492 e. The van der Waals surface area contributed by atoms with Gasteiger partial charge in [0.15, 0.2) is 0 Å². The van der Waals surface area contributed by atoms with Crippen molar-refractivity contribution in [3.8, 4) is 17.0 Å². The number of benzene rings is 1. The molecule has 1 aliphatic heterocycles. The van der Waals surface area contributed by atoms with Gasteiger partial charge in [-0.05, 0) is 38.1 Å². The first-order valence-corrected chi connectivity index (χ1v) is 8.31. The normalized spacial score (nSPS) is 14.9. The molecule has 0 unspecified atom stereocenters. The highest BCUT2D eigenvalue weighted by Crippen LogP contribution is 2.33. The van der Waals surface area contributed by atoms with Crippen molar-refractivity contribution in [1.29, 1.82) is 0 Å². The van der Waals surface area contributed by atoms with Crippen molar-refractivity contribution in [3.05, 3.63) is 34.5 Å². The second-order valence-electron chi connectivity index (χ2n) is 5.63. The van der Waals surface area contributed by atoms with Crippen molar-refractivity contribution >= 4 is 11.6 Å². The van der Waals surface area contributed by atoms with Crippen molar-refractivity contribution in [3.63, 3.8) is 0 Å². The number of hydrogen-bond donors (Lipinski definition) is 1. The molecule has 2 aromatic rings. The SMILES string of the molecule is CCCN1CCc2[nH]nc(-c3ccc(OCC)c(Cl)c3)c2C1. The van der Waals surface area contributed by atoms with E-state index in [4.69, 9.17) is 16.3 Å². The molecule has 0 radical (unpaired) electrons. The highest BCUT2D eigenvalue weighted by molar-refractivity contribution is 6.32. The second kappa shape index (κ2) is 6.71. The van der Waals surface area contributed by atoms with Crippen LogP contribution in [0.3, 0.4) is 0 Å². The van der Waals surface area contributed by atoms with E-state index in [2.05, 4.69) is 22.0 Å². The fourth-order valence-electron chi connectivity index (χ4n) is 3.02. The van der Waals surface area contributed by atoms with Crippen LogP contribution in [0, 0.1) is 0 Å². The minimum absolute atomic E-state index is 0.614. The summed E-state index contributed by atoms with van der Waals surface area (Å²) in [4.78, 5) is 2.48. The third-order valence-corrected chi connectivity index (χ3v) is 4.35. The summed E-state index contributed by atoms with van der Waals surface area (Å²) in [6.07, 6.45) is 2.21. The molecule has 0 bridgehead atoms. The number of aromatic nitrogens is 2. The van der Waals surface area contributed by atoms with Crippen LogP contribution in [0.4, 0.5) is 0 Å². The summed E-state index contributed by atoms with van der Waals surface area (Å²) in [5.41, 5.74) is 4.62. The maximum Gasteiger partial charge on any atom is 0.137 e. The number of ether oxygens (including phenoxy) is 1. The van der Waals surface area contributed by atoms with Gasteiger partial charge in [-0.1, -0.05) is 18.5 Å². The van der Waals surface area contributed by atoms with Crippen LogP contribution in [0.15, 0.2) is 18.2 Å². The summed E-state index contributed by atoms with van der Waals surface area (Å²) in [6.45, 7) is 7.98. The molecule has 0 saturated carbocycles. The molecular formula is C17H22ClN3O. The lowest BCUT2D eigenvalue weighted by Gasteiger charge is -2.26. The van der Waals surface area contributed by atoms with Crippen molar-refractivity contribution in [2.75, 3.05) is 19.7 Å². The summed E-state index contributed by atoms with van der Waals surface area (Å²) in [5, 5.41) is 8.36. The number of aromatic amines is 1. The van der Waals surface area contributed by atoms with E-state index in [0.717, 1.165) is 43.1 Å². The van der Waals surface area contributed by atoms with Gasteiger partial charge in [-0.15, -0.1) is 0 Å². The van der Waals surface area contributed by atoms with E-state index in [1.54, 1.807) is 0 Å². The molecule has 1 aliphatic rings. The van der Waals surface area contributed by atoms with Crippen LogP contribution in [-0.2, 0) is 13.0 Å². The fraction of sp³-hybridized carbons (Fsp3) is 0.471. The summed E-state index contributed by atoms with van der Waals surface area (Å²) < 4.78 is 5.50. The Labute approximate surface area is 136 Å². The Bertz CT molecular complexity index is 653. The van der Waals surface area contributed by atoms with Gasteiger partial charge in [0.25, 0.3) is 0 Å². The lowest BCUT2D eigenvalue weighted by Crippen LogP contribution is -2.31. The average Bonchev–Trinajstić information content (AvgIpc) is 2.93. The lowest BCUT2D eigenvalue weighted by atomic mass is 10.0. The first-order chi connectivity index (χ1) is 10.7. The maximum absolute atomic E-state index is 6.31. The number of nitrogens with one attached hydrogen (secondary N) is 1. The minimum atomic E-state index is 0.614. The number of fused-ring (bicyclic) bond motifs is 1. The van der Waals surface area contributed by atoms with Gasteiger partial charge in [0.1, 0.15) is 5.75 Å². The van der Waals surface area contributed by atoms with Gasteiger partial charge in [-0.2, -0.15) is 5.10 Å². The van der Waals surface area contributed by atoms with Crippen LogP contribution in [0.1, 0.15) is 31.5 Å². The minimum Gasteiger partial charge on any atom is -0.492 e. The summed E-state index contributed by atoms with van der Waals surface area (Å²) >= 11 is 6.31. The Morgan fingerprint density at radius 2 is 2.23 bits per heavy atom. The predicted molar refractivity (Wildman–Crippen MR) is 89.5 cm³/mol. The van der Waals surface area contributed by atoms with Crippen LogP contribution in [0.2, 0.25) is 5.02 Å². The molecule has 3 rings (SSSR count). The Morgan fingerprint density at radius 1 is 1.36 bits per heavy atom. The first kappa shape index (κ1) is 15.4. The first-order valence-electron chi connectivity index (χ1n) is 7.94. The molecular weight excluding hydrogens is 298 g/mol. The summed E-state index contributed by atoms with van der Waals surface area (Å²) in [7, 11) is 0. The quantitative estimate of drug-likeness (QED) is 0.908. The van der Waals surface area contributed by atoms with Crippen molar-refractivity contribution in [2.24, 2.45) is 0 Å². The molecule has 0 saturated heterocycles. The molecule has 22 heavy (non-hydrogen) atoms. The molecule has 0 atom stereocenters. The molecule has 0 amide bonds. The third kappa shape index (κ3) is 2.99. The fourth-order valence-corrected chi connectivity index (χ4v) is 3.25. The molecule has 0 fully saturated rings. The van der Waals surface area contributed by atoms with Gasteiger partial charge in [0.05, 0.1) is 17.3 Å². The van der Waals surface area contributed by atoms with Crippen molar-refractivity contribution in [2.45, 2.75) is 33.2 Å². The standard InChI is InChI=1S/C17H22ClN3O/c1-3-8-21-9-7-15-13(11-21)17(20-19-15)12-5-6-16(22-4-2)14(18)10-12/h5-6,10H,3-4,7-9,11H2,1-2H3,(H,19,20). The maximum atomic E-state index is 6.31. The molecule has 2 heterocycles. The topological polar surface area (TPSA) is 41.2 Å². The number of nitrogens with zero attached hydrogens (tertiary/aromatic N) is 2. The smallest absolute Gasteiger partial charge is 0.137 e. The van der Waals surface area contributed by atoms with E-state index in [9.17, 15) is 0 Å². The van der Waals surface area contributed by atoms with Crippen LogP contribution >= 0.6 is 11.6 Å². The molecule has 4 nitrogen and oxygen atoms in total. The zero-order valence-corrected chi connectivity index (χ0v) is 13.9. The van der Waals surface area contributed by atoms with E-state index in [-0.39, 0.29) is 0 Å². The number of H-pyrrole nitrogens is 1. The van der Waals surface area contributed by atoms with Gasteiger partial charge in [-0.3, -0.25) is 10.00 Å². The molecule has 118 valence electrons. The monoisotopic (exact) mass is 319 g/mol. The van der Waals surface area contributed by atoms with E-state index < -0.39 is 0 Å². The predicted octanol–water partition coefficient (Wildman–Crippen LogP) is 3.90. The van der Waals surface area contributed by atoms with E-state index in [0.29, 0.717) is 11.6 Å². The molecule has 5 heteroatoms. The van der Waals surface area contributed by atoms with Gasteiger partial charge in [-0.25, -0.2) is 0 Å². The number of rotatable bonds is 5. The Hall–Kier alpha value is -1.52. The third-order valence-electron chi connectivity index (χ3n) is 4.06. The van der Waals surface area contributed by atoms with Gasteiger partial charge in [0, 0.05) is 36.3 Å². The summed E-state index contributed by atoms with van der Waals surface area (Å²) in [6, 6.07) is 5.91. The Morgan fingerprint density at radius 3 is 2.95 bits per heavy atom. The van der Waals surface area contributed by atoms with Crippen LogP contribution in [-0.4, -0.2) is 34.8 Å². The summed E-state index contributed by atoms with van der Waals surface area (Å²) in [5.74, 6) is 0.727. The molecule has 1 aromatic heterocycles. The van der Waals surface area contributed by atoms with Crippen molar-refractivity contribution in [1.82, 2.24) is 15.1 Å². The van der Waals surface area contributed by atoms with E-state index in [1.165, 1.54) is 17.7 Å². The number of hydrogen-bond acceptors (Lipinski definition) is 3. The zero-order chi connectivity index (χ0) is 15.5. The average molecular weight is 320 g/mol. The highest BCUT2D eigenvalue weighted by Gasteiger charge is 2.22. The Balaban J connectivity index is 1.90. The molecule has 1 N–H and O–H groups in total. The van der Waals surface area contributed by atoms with Gasteiger partial charge >= 0.3 is 0 Å². The zero-order valence-electron chi connectivity index (χ0n) is 13.2. The van der Waals surface area contributed by atoms with Crippen LogP contribution < -0.4 is 4.74 Å². The second-order valence-corrected chi connectivity index (χ2v) is 6.04. The van der Waals surface area contributed by atoms with Crippen LogP contribution in [0.25, 0.3) is 11.3 Å².